The van der Waals surface area contributed by atoms with Gasteiger partial charge in [-0.25, -0.2) is 9.18 Å². The predicted molar refractivity (Wildman–Crippen MR) is 144 cm³/mol. The Hall–Kier alpha value is -3.30. The number of methoxy groups -OCH3 is 1. The van der Waals surface area contributed by atoms with E-state index in [1.54, 1.807) is 0 Å². The van der Waals surface area contributed by atoms with Gasteiger partial charge in [0.2, 0.25) is 0 Å². The summed E-state index contributed by atoms with van der Waals surface area (Å²) in [6.45, 7) is 10.8. The van der Waals surface area contributed by atoms with Gasteiger partial charge in [0.1, 0.15) is 0 Å². The van der Waals surface area contributed by atoms with Gasteiger partial charge < -0.3 is 9.47 Å². The number of hydrogen-bond acceptors (Lipinski definition) is 6. The lowest BCUT2D eigenvalue weighted by Crippen LogP contribution is -2.46. The third-order valence-corrected chi connectivity index (χ3v) is 6.64. The van der Waals surface area contributed by atoms with E-state index < -0.39 is 11.5 Å². The maximum absolute atomic E-state index is 14.1. The third-order valence-electron chi connectivity index (χ3n) is 6.64. The highest BCUT2D eigenvalue weighted by molar-refractivity contribution is 5.79. The van der Waals surface area contributed by atoms with Crippen LogP contribution in [0.2, 0.25) is 0 Å². The van der Waals surface area contributed by atoms with Gasteiger partial charge in [-0.1, -0.05) is 26.0 Å². The molecule has 1 aliphatic rings. The molecule has 0 N–H and O–H groups in total. The van der Waals surface area contributed by atoms with Crippen LogP contribution >= 0.6 is 0 Å². The van der Waals surface area contributed by atoms with Crippen molar-refractivity contribution in [2.75, 3.05) is 26.7 Å². The van der Waals surface area contributed by atoms with Crippen LogP contribution < -0.4 is 10.4 Å². The summed E-state index contributed by atoms with van der Waals surface area (Å²) in [4.78, 5) is 28.6. The molecule has 0 saturated carbocycles. The molecular weight excluding hydrogens is 487 g/mol. The maximum Gasteiger partial charge on any atom is 0.351 e. The van der Waals surface area contributed by atoms with Crippen LogP contribution in [0.3, 0.4) is 0 Å². The van der Waals surface area contributed by atoms with Crippen LogP contribution in [0.4, 0.5) is 4.39 Å². The van der Waals surface area contributed by atoms with Crippen LogP contribution in [0.25, 0.3) is 17.1 Å². The molecule has 0 bridgehead atoms. The van der Waals surface area contributed by atoms with E-state index in [0.29, 0.717) is 17.7 Å². The number of morpholine rings is 1. The molecule has 0 spiro atoms. The number of benzene rings is 2. The first-order valence-corrected chi connectivity index (χ1v) is 13.2. The number of nitrogens with zero attached hydrogens (tertiary/aromatic N) is 4. The predicted octanol–water partition coefficient (Wildman–Crippen LogP) is 4.12. The molecule has 204 valence electrons. The van der Waals surface area contributed by atoms with E-state index in [1.165, 1.54) is 34.6 Å². The molecule has 0 unspecified atom stereocenters. The molecule has 2 atom stereocenters. The van der Waals surface area contributed by atoms with E-state index in [-0.39, 0.29) is 42.0 Å². The lowest BCUT2D eigenvalue weighted by molar-refractivity contribution is -0.120. The molecule has 38 heavy (non-hydrogen) atoms. The Morgan fingerprint density at radius 1 is 1.13 bits per heavy atom. The molecule has 4 rings (SSSR count). The summed E-state index contributed by atoms with van der Waals surface area (Å²) in [6, 6.07) is 12.0. The van der Waals surface area contributed by atoms with Gasteiger partial charge in [-0.2, -0.15) is 4.68 Å². The van der Waals surface area contributed by atoms with Crippen molar-refractivity contribution in [1.82, 2.24) is 19.2 Å². The molecule has 0 amide bonds. The average Bonchev–Trinajstić information content (AvgIpc) is 3.18. The number of halogens is 1. The summed E-state index contributed by atoms with van der Waals surface area (Å²) in [5.41, 5.74) is 1.81. The molecule has 1 aliphatic heterocycles. The van der Waals surface area contributed by atoms with E-state index in [1.807, 2.05) is 38.1 Å². The molecule has 1 aromatic heterocycles. The fourth-order valence-corrected chi connectivity index (χ4v) is 4.97. The first-order chi connectivity index (χ1) is 18.1. The summed E-state index contributed by atoms with van der Waals surface area (Å²) in [6.07, 6.45) is 1.68. The van der Waals surface area contributed by atoms with Gasteiger partial charge in [-0.05, 0) is 62.1 Å². The molecule has 3 aromatic rings. The molecule has 1 fully saturated rings. The van der Waals surface area contributed by atoms with E-state index in [4.69, 9.17) is 9.47 Å². The summed E-state index contributed by atoms with van der Waals surface area (Å²) < 4.78 is 27.7. The van der Waals surface area contributed by atoms with Gasteiger partial charge in [0, 0.05) is 31.6 Å². The number of carbonyl (C=O) groups is 1. The number of aromatic nitrogens is 3. The second-order valence-corrected chi connectivity index (χ2v) is 10.5. The number of carbonyl (C=O) groups excluding carboxylic acids is 1. The maximum atomic E-state index is 14.1. The Balaban J connectivity index is 1.60. The molecular formula is C29H37FN4O4. The summed E-state index contributed by atoms with van der Waals surface area (Å²) in [7, 11) is 1.38. The molecule has 2 aromatic carbocycles. The Labute approximate surface area is 223 Å². The van der Waals surface area contributed by atoms with Crippen molar-refractivity contribution in [2.24, 2.45) is 5.92 Å². The summed E-state index contributed by atoms with van der Waals surface area (Å²) in [5, 5.41) is 4.57. The quantitative estimate of drug-likeness (QED) is 0.397. The van der Waals surface area contributed by atoms with Gasteiger partial charge in [0.25, 0.3) is 0 Å². The zero-order valence-corrected chi connectivity index (χ0v) is 22.8. The normalized spacial score (nSPS) is 18.2. The lowest BCUT2D eigenvalue weighted by Gasteiger charge is -2.35. The highest BCUT2D eigenvalue weighted by atomic mass is 19.1. The number of rotatable bonds is 10. The van der Waals surface area contributed by atoms with Crippen LogP contribution in [0.1, 0.15) is 39.7 Å². The number of Topliss-reactive ketones (excluding diaryl/α,β-unsaturated/α-hetero) is 1. The van der Waals surface area contributed by atoms with Crippen molar-refractivity contribution in [3.63, 3.8) is 0 Å². The van der Waals surface area contributed by atoms with Crippen LogP contribution in [0.5, 0.6) is 5.75 Å². The van der Waals surface area contributed by atoms with Crippen molar-refractivity contribution >= 4 is 5.78 Å². The van der Waals surface area contributed by atoms with E-state index >= 15 is 0 Å². The second kappa shape index (κ2) is 12.0. The first kappa shape index (κ1) is 27.7. The highest BCUT2D eigenvalue weighted by Crippen LogP contribution is 2.25. The molecule has 1 saturated heterocycles. The van der Waals surface area contributed by atoms with Gasteiger partial charge in [-0.15, -0.1) is 5.10 Å². The zero-order valence-electron chi connectivity index (χ0n) is 22.8. The molecule has 2 heterocycles. The van der Waals surface area contributed by atoms with Gasteiger partial charge in [0.15, 0.2) is 23.2 Å². The SMILES string of the molecule is COc1cc(-c2nn(-c3ccc(CCN4C[C@@H](C)O[C@@H](C)C4)cc3)c(=O)n2CC(=O)CC(C)C)ccc1F. The van der Waals surface area contributed by atoms with E-state index in [0.717, 1.165) is 31.6 Å². The Morgan fingerprint density at radius 2 is 1.82 bits per heavy atom. The second-order valence-electron chi connectivity index (χ2n) is 10.5. The Morgan fingerprint density at radius 3 is 2.45 bits per heavy atom. The first-order valence-electron chi connectivity index (χ1n) is 13.2. The molecule has 0 radical (unpaired) electrons. The van der Waals surface area contributed by atoms with Gasteiger partial charge >= 0.3 is 5.69 Å². The minimum atomic E-state index is -0.517. The largest absolute Gasteiger partial charge is 0.494 e. The minimum absolute atomic E-state index is 0.0398. The van der Waals surface area contributed by atoms with Crippen molar-refractivity contribution < 1.29 is 18.7 Å². The van der Waals surface area contributed by atoms with Crippen molar-refractivity contribution in [3.8, 4) is 22.8 Å². The number of ketones is 1. The van der Waals surface area contributed by atoms with E-state index in [2.05, 4.69) is 23.8 Å². The minimum Gasteiger partial charge on any atom is -0.494 e. The summed E-state index contributed by atoms with van der Waals surface area (Å²) >= 11 is 0. The molecule has 8 nitrogen and oxygen atoms in total. The average molecular weight is 525 g/mol. The van der Waals surface area contributed by atoms with Crippen LogP contribution in [-0.2, 0) is 22.5 Å². The Bertz CT molecular complexity index is 1310. The molecule has 9 heteroatoms. The lowest BCUT2D eigenvalue weighted by atomic mass is 10.1. The van der Waals surface area contributed by atoms with Gasteiger partial charge in [-0.3, -0.25) is 14.3 Å². The highest BCUT2D eigenvalue weighted by Gasteiger charge is 2.22. The number of ether oxygens (including phenoxy) is 2. The fourth-order valence-electron chi connectivity index (χ4n) is 4.97. The number of hydrogen-bond donors (Lipinski definition) is 0. The fraction of sp³-hybridized carbons (Fsp3) is 0.483. The smallest absolute Gasteiger partial charge is 0.351 e. The van der Waals surface area contributed by atoms with Gasteiger partial charge in [0.05, 0.1) is 31.5 Å². The van der Waals surface area contributed by atoms with E-state index in [9.17, 15) is 14.0 Å². The Kier molecular flexibility index (Phi) is 8.79. The standard InChI is InChI=1S/C29H37FN4O4/c1-19(2)14-25(35)18-33-28(23-8-11-26(30)27(15-23)37-5)31-34(29(33)36)24-9-6-22(7-10-24)12-13-32-16-20(3)38-21(4)17-32/h6-11,15,19-21H,12-14,16-18H2,1-5H3/t20-,21+. The van der Waals surface area contributed by atoms with Crippen LogP contribution in [0.15, 0.2) is 47.3 Å². The monoisotopic (exact) mass is 524 g/mol. The zero-order chi connectivity index (χ0) is 27.4. The van der Waals surface area contributed by atoms with Crippen LogP contribution in [-0.4, -0.2) is 64.0 Å². The van der Waals surface area contributed by atoms with Crippen molar-refractivity contribution in [3.05, 3.63) is 64.3 Å². The topological polar surface area (TPSA) is 78.6 Å². The van der Waals surface area contributed by atoms with Crippen molar-refractivity contribution in [1.29, 1.82) is 0 Å². The van der Waals surface area contributed by atoms with Crippen LogP contribution in [0, 0.1) is 11.7 Å². The van der Waals surface area contributed by atoms with Crippen molar-refractivity contribution in [2.45, 2.75) is 59.3 Å². The molecule has 0 aliphatic carbocycles. The summed E-state index contributed by atoms with van der Waals surface area (Å²) in [5.74, 6) is -0.0989. The third kappa shape index (κ3) is 6.57.